The highest BCUT2D eigenvalue weighted by Gasteiger charge is 2.23. The number of fused-ring (bicyclic) bond motifs is 1. The predicted octanol–water partition coefficient (Wildman–Crippen LogP) is 2.95. The third-order valence-electron chi connectivity index (χ3n) is 3.19. The van der Waals surface area contributed by atoms with Crippen LogP contribution >= 0.6 is 0 Å². The number of hydrogen-bond acceptors (Lipinski definition) is 3. The van der Waals surface area contributed by atoms with Gasteiger partial charge in [-0.2, -0.15) is 0 Å². The molecule has 2 aromatic rings. The van der Waals surface area contributed by atoms with Crippen molar-refractivity contribution in [1.82, 2.24) is 9.94 Å². The van der Waals surface area contributed by atoms with Gasteiger partial charge < -0.3 is 4.53 Å². The van der Waals surface area contributed by atoms with Crippen LogP contribution in [-0.4, -0.2) is 24.8 Å². The number of aromatic nitrogens is 2. The molecule has 0 N–H and O–H groups in total. The average molecular weight is 290 g/mol. The van der Waals surface area contributed by atoms with E-state index in [1.54, 1.807) is 18.0 Å². The monoisotopic (exact) mass is 290 g/mol. The van der Waals surface area contributed by atoms with E-state index in [2.05, 4.69) is 39.0 Å². The van der Waals surface area contributed by atoms with Gasteiger partial charge in [0.05, 0.1) is 6.20 Å². The maximum absolute atomic E-state index is 12.1. The minimum Gasteiger partial charge on any atom is -0.460 e. The highest BCUT2D eigenvalue weighted by molar-refractivity contribution is 6.48. The average Bonchev–Trinajstić information content (AvgIpc) is 2.69. The molecular formula is C15H22N2O2Si. The normalized spacial score (nSPS) is 12.2. The Kier molecular flexibility index (Phi) is 3.73. The summed E-state index contributed by atoms with van der Waals surface area (Å²) in [6, 6.07) is 4.01. The van der Waals surface area contributed by atoms with Crippen molar-refractivity contribution in [2.45, 2.75) is 46.2 Å². The van der Waals surface area contributed by atoms with E-state index in [4.69, 9.17) is 4.53 Å². The quantitative estimate of drug-likeness (QED) is 0.645. The van der Waals surface area contributed by atoms with Crippen molar-refractivity contribution in [2.24, 2.45) is 0 Å². The molecule has 20 heavy (non-hydrogen) atoms. The van der Waals surface area contributed by atoms with E-state index < -0.39 is 9.04 Å². The second-order valence-corrected chi connectivity index (χ2v) is 8.71. The molecule has 0 radical (unpaired) electrons. The Morgan fingerprint density at radius 1 is 1.30 bits per heavy atom. The largest absolute Gasteiger partial charge is 0.460 e. The summed E-state index contributed by atoms with van der Waals surface area (Å²) >= 11 is 0. The van der Waals surface area contributed by atoms with Crippen LogP contribution in [0.15, 0.2) is 18.3 Å². The fourth-order valence-electron chi connectivity index (χ4n) is 2.37. The molecule has 0 spiro atoms. The van der Waals surface area contributed by atoms with Gasteiger partial charge in [0, 0.05) is 10.9 Å². The topological polar surface area (TPSA) is 44.1 Å². The van der Waals surface area contributed by atoms with Crippen molar-refractivity contribution in [3.63, 3.8) is 0 Å². The summed E-state index contributed by atoms with van der Waals surface area (Å²) in [5.41, 5.74) is 2.60. The van der Waals surface area contributed by atoms with Gasteiger partial charge in [0.25, 0.3) is 9.04 Å². The molecule has 0 fully saturated rings. The highest BCUT2D eigenvalue weighted by Crippen LogP contribution is 2.31. The van der Waals surface area contributed by atoms with Crippen molar-refractivity contribution < 1.29 is 9.32 Å². The van der Waals surface area contributed by atoms with Crippen molar-refractivity contribution in [3.05, 3.63) is 29.5 Å². The van der Waals surface area contributed by atoms with E-state index in [1.165, 1.54) is 0 Å². The standard InChI is InChI=1S/C15H22N2O2Si/c1-10(18)14-11-9-16-17(19-20(5)6)13(11)8-7-12(14)15(2,3)4/h7-9,20H,1-6H3. The molecule has 0 aliphatic rings. The predicted molar refractivity (Wildman–Crippen MR) is 83.9 cm³/mol. The van der Waals surface area contributed by atoms with Crippen LogP contribution < -0.4 is 4.53 Å². The Morgan fingerprint density at radius 3 is 2.45 bits per heavy atom. The third-order valence-corrected chi connectivity index (χ3v) is 3.81. The minimum atomic E-state index is -1.24. The maximum atomic E-state index is 12.1. The lowest BCUT2D eigenvalue weighted by molar-refractivity contribution is 0.101. The Labute approximate surface area is 121 Å². The van der Waals surface area contributed by atoms with Crippen LogP contribution in [0.1, 0.15) is 43.6 Å². The number of hydrogen-bond donors (Lipinski definition) is 0. The molecule has 0 aliphatic carbocycles. The minimum absolute atomic E-state index is 0.0712. The number of rotatable bonds is 3. The van der Waals surface area contributed by atoms with Gasteiger partial charge in [-0.25, -0.2) is 0 Å². The first-order valence-electron chi connectivity index (χ1n) is 6.91. The van der Waals surface area contributed by atoms with Crippen molar-refractivity contribution in [3.8, 4) is 0 Å². The van der Waals surface area contributed by atoms with E-state index in [0.29, 0.717) is 0 Å². The van der Waals surface area contributed by atoms with Crippen LogP contribution in [0.5, 0.6) is 0 Å². The van der Waals surface area contributed by atoms with Crippen LogP contribution in [0.2, 0.25) is 13.1 Å². The summed E-state index contributed by atoms with van der Waals surface area (Å²) in [5, 5.41) is 5.15. The number of nitrogens with zero attached hydrogens (tertiary/aromatic N) is 2. The number of Topliss-reactive ketones (excluding diaryl/α,β-unsaturated/α-hetero) is 1. The third kappa shape index (κ3) is 2.63. The van der Waals surface area contributed by atoms with Gasteiger partial charge in [-0.3, -0.25) is 4.79 Å². The lowest BCUT2D eigenvalue weighted by atomic mass is 9.81. The molecule has 0 saturated carbocycles. The zero-order valence-electron chi connectivity index (χ0n) is 13.0. The summed E-state index contributed by atoms with van der Waals surface area (Å²) in [4.78, 5) is 13.6. The fraction of sp³-hybridized carbons (Fsp3) is 0.467. The van der Waals surface area contributed by atoms with Gasteiger partial charge in [0.1, 0.15) is 5.52 Å². The molecule has 0 atom stereocenters. The molecule has 5 heteroatoms. The first-order valence-corrected chi connectivity index (χ1v) is 9.69. The smallest absolute Gasteiger partial charge is 0.266 e. The Morgan fingerprint density at radius 2 is 1.95 bits per heavy atom. The molecular weight excluding hydrogens is 268 g/mol. The molecule has 1 aromatic heterocycles. The van der Waals surface area contributed by atoms with Crippen molar-refractivity contribution >= 4 is 25.7 Å². The second-order valence-electron chi connectivity index (χ2n) is 6.40. The van der Waals surface area contributed by atoms with Gasteiger partial charge in [-0.15, -0.1) is 9.94 Å². The lowest BCUT2D eigenvalue weighted by Gasteiger charge is -2.22. The summed E-state index contributed by atoms with van der Waals surface area (Å²) in [5.74, 6) is 0.0712. The first kappa shape index (κ1) is 14.8. The molecule has 1 heterocycles. The van der Waals surface area contributed by atoms with Crippen LogP contribution in [-0.2, 0) is 5.41 Å². The molecule has 0 unspecified atom stereocenters. The summed E-state index contributed by atoms with van der Waals surface area (Å²) in [6.45, 7) is 12.1. The SMILES string of the molecule is CC(=O)c1c(C(C)(C)C)ccc2c1cnn2O[SiH](C)C. The van der Waals surface area contributed by atoms with Gasteiger partial charge in [-0.05, 0) is 37.1 Å². The van der Waals surface area contributed by atoms with Crippen LogP contribution in [0.25, 0.3) is 10.9 Å². The van der Waals surface area contributed by atoms with Crippen LogP contribution in [0.3, 0.4) is 0 Å². The van der Waals surface area contributed by atoms with Crippen LogP contribution in [0, 0.1) is 0 Å². The molecule has 2 rings (SSSR count). The highest BCUT2D eigenvalue weighted by atomic mass is 28.3. The van der Waals surface area contributed by atoms with E-state index >= 15 is 0 Å². The Hall–Kier alpha value is -1.62. The first-order chi connectivity index (χ1) is 9.21. The van der Waals surface area contributed by atoms with E-state index in [-0.39, 0.29) is 11.2 Å². The Balaban J connectivity index is 2.71. The number of carbonyl (C=O) groups excluding carboxylic acids is 1. The molecule has 0 bridgehead atoms. The number of ketones is 1. The lowest BCUT2D eigenvalue weighted by Crippen LogP contribution is -2.24. The summed E-state index contributed by atoms with van der Waals surface area (Å²) < 4.78 is 5.76. The maximum Gasteiger partial charge on any atom is 0.266 e. The van der Waals surface area contributed by atoms with Crippen LogP contribution in [0.4, 0.5) is 0 Å². The van der Waals surface area contributed by atoms with E-state index in [9.17, 15) is 4.79 Å². The fourth-order valence-corrected chi connectivity index (χ4v) is 2.93. The van der Waals surface area contributed by atoms with Gasteiger partial charge in [0.2, 0.25) is 0 Å². The number of benzene rings is 1. The number of carbonyl (C=O) groups is 1. The van der Waals surface area contributed by atoms with Crippen molar-refractivity contribution in [1.29, 1.82) is 0 Å². The van der Waals surface area contributed by atoms with E-state index in [1.807, 2.05) is 12.1 Å². The molecule has 0 saturated heterocycles. The molecule has 1 aromatic carbocycles. The molecule has 0 amide bonds. The van der Waals surface area contributed by atoms with Gasteiger partial charge >= 0.3 is 0 Å². The zero-order valence-corrected chi connectivity index (χ0v) is 14.2. The summed E-state index contributed by atoms with van der Waals surface area (Å²) in [6.07, 6.45) is 1.73. The molecule has 108 valence electrons. The molecule has 4 nitrogen and oxygen atoms in total. The van der Waals surface area contributed by atoms with Gasteiger partial charge in [-0.1, -0.05) is 26.8 Å². The molecule has 0 aliphatic heterocycles. The van der Waals surface area contributed by atoms with Crippen molar-refractivity contribution in [2.75, 3.05) is 0 Å². The van der Waals surface area contributed by atoms with E-state index in [0.717, 1.165) is 22.0 Å². The Bertz CT molecular complexity index is 654. The second kappa shape index (κ2) is 5.05. The zero-order chi connectivity index (χ0) is 15.1. The summed E-state index contributed by atoms with van der Waals surface area (Å²) in [7, 11) is -1.24. The van der Waals surface area contributed by atoms with Gasteiger partial charge in [0.15, 0.2) is 5.78 Å².